The highest BCUT2D eigenvalue weighted by molar-refractivity contribution is 8.18. The molecule has 2 aliphatic carbocycles. The molecule has 6 heteroatoms. The van der Waals surface area contributed by atoms with Crippen molar-refractivity contribution in [1.82, 2.24) is 10.2 Å². The van der Waals surface area contributed by atoms with E-state index in [1.54, 1.807) is 6.08 Å². The van der Waals surface area contributed by atoms with Gasteiger partial charge in [-0.2, -0.15) is 0 Å². The van der Waals surface area contributed by atoms with Crippen LogP contribution in [0.1, 0.15) is 37.7 Å². The SMILES string of the molecule is O=C(C[C@H]1C[C@@H]2CC[C@@H]1C2)NCCN1C(=O)S/C(=C\c2ccccc2)C1=O. The first-order valence-corrected chi connectivity index (χ1v) is 10.5. The second-order valence-electron chi connectivity index (χ2n) is 7.73. The standard InChI is InChI=1S/C21H24N2O3S/c24-19(13-17-11-15-6-7-16(17)10-15)22-8-9-23-20(25)18(27-21(23)26)12-14-4-2-1-3-5-14/h1-5,12,15-17H,6-11,13H2,(H,22,24)/b18-12-/t15-,16-,17-/m1/s1. The Morgan fingerprint density at radius 1 is 1.19 bits per heavy atom. The Morgan fingerprint density at radius 2 is 2.00 bits per heavy atom. The second kappa shape index (κ2) is 7.89. The van der Waals surface area contributed by atoms with Gasteiger partial charge in [0.25, 0.3) is 11.1 Å². The number of amides is 3. The Morgan fingerprint density at radius 3 is 2.70 bits per heavy atom. The van der Waals surface area contributed by atoms with Gasteiger partial charge < -0.3 is 5.32 Å². The Hall–Kier alpha value is -2.08. The summed E-state index contributed by atoms with van der Waals surface area (Å²) in [7, 11) is 0. The fourth-order valence-electron chi connectivity index (χ4n) is 4.64. The Kier molecular flexibility index (Phi) is 5.34. The van der Waals surface area contributed by atoms with Crippen molar-refractivity contribution in [2.75, 3.05) is 13.1 Å². The molecule has 1 aromatic rings. The maximum absolute atomic E-state index is 12.5. The van der Waals surface area contributed by atoms with Crippen LogP contribution in [0.15, 0.2) is 35.2 Å². The Balaban J connectivity index is 1.26. The molecular weight excluding hydrogens is 360 g/mol. The van der Waals surface area contributed by atoms with E-state index >= 15 is 0 Å². The molecule has 0 aromatic heterocycles. The summed E-state index contributed by atoms with van der Waals surface area (Å²) in [6.45, 7) is 0.537. The number of imide groups is 1. The predicted molar refractivity (Wildman–Crippen MR) is 106 cm³/mol. The van der Waals surface area contributed by atoms with E-state index in [1.807, 2.05) is 30.3 Å². The van der Waals surface area contributed by atoms with E-state index in [9.17, 15) is 14.4 Å². The maximum Gasteiger partial charge on any atom is 0.293 e. The maximum atomic E-state index is 12.5. The van der Waals surface area contributed by atoms with E-state index in [2.05, 4.69) is 5.32 Å². The van der Waals surface area contributed by atoms with Crippen molar-refractivity contribution in [2.24, 2.45) is 17.8 Å². The van der Waals surface area contributed by atoms with Crippen LogP contribution < -0.4 is 5.32 Å². The van der Waals surface area contributed by atoms with E-state index in [1.165, 1.54) is 30.6 Å². The van der Waals surface area contributed by atoms with E-state index in [0.717, 1.165) is 29.2 Å². The number of nitrogens with one attached hydrogen (secondary N) is 1. The van der Waals surface area contributed by atoms with Gasteiger partial charge in [-0.25, -0.2) is 0 Å². The molecule has 3 atom stereocenters. The number of hydrogen-bond acceptors (Lipinski definition) is 4. The summed E-state index contributed by atoms with van der Waals surface area (Å²) in [5, 5.41) is 2.61. The lowest BCUT2D eigenvalue weighted by molar-refractivity contribution is -0.124. The average Bonchev–Trinajstić information content (AvgIpc) is 3.34. The highest BCUT2D eigenvalue weighted by Crippen LogP contribution is 2.49. The van der Waals surface area contributed by atoms with Crippen LogP contribution in [0.2, 0.25) is 0 Å². The smallest absolute Gasteiger partial charge is 0.293 e. The first-order valence-electron chi connectivity index (χ1n) is 9.67. The molecule has 1 aliphatic heterocycles. The van der Waals surface area contributed by atoms with Crippen LogP contribution in [0.3, 0.4) is 0 Å². The van der Waals surface area contributed by atoms with E-state index in [0.29, 0.717) is 23.8 Å². The molecule has 1 aromatic carbocycles. The molecule has 1 saturated heterocycles. The lowest BCUT2D eigenvalue weighted by Gasteiger charge is -2.21. The summed E-state index contributed by atoms with van der Waals surface area (Å²) < 4.78 is 0. The van der Waals surface area contributed by atoms with E-state index in [4.69, 9.17) is 0 Å². The first kappa shape index (κ1) is 18.3. The van der Waals surface area contributed by atoms with Crippen molar-refractivity contribution in [3.05, 3.63) is 40.8 Å². The molecule has 2 saturated carbocycles. The van der Waals surface area contributed by atoms with Crippen molar-refractivity contribution in [3.8, 4) is 0 Å². The number of rotatable bonds is 6. The van der Waals surface area contributed by atoms with Crippen LogP contribution in [-0.4, -0.2) is 35.0 Å². The molecule has 4 rings (SSSR count). The molecule has 1 N–H and O–H groups in total. The summed E-state index contributed by atoms with van der Waals surface area (Å²) in [5.74, 6) is 1.84. The number of thioether (sulfide) groups is 1. The molecule has 3 fully saturated rings. The number of benzene rings is 1. The number of nitrogens with zero attached hydrogens (tertiary/aromatic N) is 1. The molecule has 5 nitrogen and oxygen atoms in total. The third-order valence-electron chi connectivity index (χ3n) is 5.96. The first-order chi connectivity index (χ1) is 13.1. The van der Waals surface area contributed by atoms with Gasteiger partial charge in [-0.3, -0.25) is 19.3 Å². The second-order valence-corrected chi connectivity index (χ2v) is 8.73. The zero-order valence-electron chi connectivity index (χ0n) is 15.2. The topological polar surface area (TPSA) is 66.5 Å². The minimum Gasteiger partial charge on any atom is -0.354 e. The van der Waals surface area contributed by atoms with Gasteiger partial charge in [0.1, 0.15) is 0 Å². The molecule has 0 unspecified atom stereocenters. The normalized spacial score (nSPS) is 28.4. The van der Waals surface area contributed by atoms with Crippen LogP contribution in [-0.2, 0) is 9.59 Å². The zero-order chi connectivity index (χ0) is 18.8. The molecule has 142 valence electrons. The minimum atomic E-state index is -0.281. The van der Waals surface area contributed by atoms with Crippen molar-refractivity contribution in [1.29, 1.82) is 0 Å². The summed E-state index contributed by atoms with van der Waals surface area (Å²) in [6, 6.07) is 9.47. The molecule has 0 spiro atoms. The number of carbonyl (C=O) groups is 3. The van der Waals surface area contributed by atoms with Gasteiger partial charge >= 0.3 is 0 Å². The molecule has 0 radical (unpaired) electrons. The number of fused-ring (bicyclic) bond motifs is 2. The van der Waals surface area contributed by atoms with Crippen molar-refractivity contribution in [2.45, 2.75) is 32.1 Å². The quantitative estimate of drug-likeness (QED) is 0.760. The third kappa shape index (κ3) is 4.10. The Bertz CT molecular complexity index is 777. The van der Waals surface area contributed by atoms with Gasteiger partial charge in [0.15, 0.2) is 0 Å². The van der Waals surface area contributed by atoms with Crippen LogP contribution >= 0.6 is 11.8 Å². The molecule has 27 heavy (non-hydrogen) atoms. The number of carbonyl (C=O) groups excluding carboxylic acids is 3. The van der Waals surface area contributed by atoms with Crippen molar-refractivity contribution >= 4 is 34.9 Å². The fourth-order valence-corrected chi connectivity index (χ4v) is 5.50. The zero-order valence-corrected chi connectivity index (χ0v) is 16.0. The Labute approximate surface area is 163 Å². The minimum absolute atomic E-state index is 0.0411. The lowest BCUT2D eigenvalue weighted by Crippen LogP contribution is -2.38. The van der Waals surface area contributed by atoms with Crippen LogP contribution in [0.25, 0.3) is 6.08 Å². The predicted octanol–water partition coefficient (Wildman–Crippen LogP) is 3.67. The van der Waals surface area contributed by atoms with Crippen LogP contribution in [0.5, 0.6) is 0 Å². The van der Waals surface area contributed by atoms with Crippen LogP contribution in [0, 0.1) is 17.8 Å². The lowest BCUT2D eigenvalue weighted by atomic mass is 9.86. The highest BCUT2D eigenvalue weighted by Gasteiger charge is 2.40. The monoisotopic (exact) mass is 384 g/mol. The van der Waals surface area contributed by atoms with Gasteiger partial charge in [0, 0.05) is 19.5 Å². The summed E-state index contributed by atoms with van der Waals surface area (Å²) in [6.07, 6.45) is 7.40. The molecule has 2 bridgehead atoms. The van der Waals surface area contributed by atoms with Crippen molar-refractivity contribution < 1.29 is 14.4 Å². The van der Waals surface area contributed by atoms with Gasteiger partial charge in [-0.15, -0.1) is 0 Å². The van der Waals surface area contributed by atoms with Crippen molar-refractivity contribution in [3.63, 3.8) is 0 Å². The average molecular weight is 385 g/mol. The van der Waals surface area contributed by atoms with Gasteiger partial charge in [0.05, 0.1) is 4.91 Å². The summed E-state index contributed by atoms with van der Waals surface area (Å²) in [5.41, 5.74) is 0.891. The molecular formula is C21H24N2O3S. The summed E-state index contributed by atoms with van der Waals surface area (Å²) >= 11 is 0.956. The van der Waals surface area contributed by atoms with Gasteiger partial charge in [-0.1, -0.05) is 36.8 Å². The summed E-state index contributed by atoms with van der Waals surface area (Å²) in [4.78, 5) is 38.5. The number of hydrogen-bond donors (Lipinski definition) is 1. The van der Waals surface area contributed by atoms with E-state index < -0.39 is 0 Å². The fraction of sp³-hybridized carbons (Fsp3) is 0.476. The highest BCUT2D eigenvalue weighted by atomic mass is 32.2. The van der Waals surface area contributed by atoms with E-state index in [-0.39, 0.29) is 23.6 Å². The van der Waals surface area contributed by atoms with Gasteiger partial charge in [0.2, 0.25) is 5.91 Å². The molecule has 3 aliphatic rings. The molecule has 3 amide bonds. The largest absolute Gasteiger partial charge is 0.354 e. The van der Waals surface area contributed by atoms with Crippen LogP contribution in [0.4, 0.5) is 4.79 Å². The third-order valence-corrected chi connectivity index (χ3v) is 6.87. The molecule has 1 heterocycles. The van der Waals surface area contributed by atoms with Gasteiger partial charge in [-0.05, 0) is 60.4 Å².